The van der Waals surface area contributed by atoms with Gasteiger partial charge in [0.1, 0.15) is 0 Å². The van der Waals surface area contributed by atoms with E-state index in [4.69, 9.17) is 0 Å². The Bertz CT molecular complexity index is 166. The topological polar surface area (TPSA) is 0 Å². The fourth-order valence-electron chi connectivity index (χ4n) is 0.460. The number of allylic oxidation sites excluding steroid dienone is 5. The molecule has 0 N–H and O–H groups in total. The van der Waals surface area contributed by atoms with Gasteiger partial charge in [0.05, 0.1) is 0 Å². The van der Waals surface area contributed by atoms with Crippen molar-refractivity contribution < 1.29 is 8.78 Å². The van der Waals surface area contributed by atoms with Crippen molar-refractivity contribution in [3.8, 4) is 0 Å². The van der Waals surface area contributed by atoms with Crippen molar-refractivity contribution in [1.29, 1.82) is 0 Å². The molecule has 0 aromatic heterocycles. The van der Waals surface area contributed by atoms with E-state index in [1.807, 2.05) is 0 Å². The average Bonchev–Trinajstić information content (AvgIpc) is 1.89. The highest BCUT2D eigenvalue weighted by Crippen LogP contribution is 2.12. The van der Waals surface area contributed by atoms with Crippen LogP contribution in [0.4, 0.5) is 8.78 Å². The standard InChI is InChI=1S/C8H10F2/c1-3-5-7(9)8(10)6-4-2/h3,5-6H,1,4H2,2H3/b7-5+,8-6+. The highest BCUT2D eigenvalue weighted by molar-refractivity contribution is 5.21. The van der Waals surface area contributed by atoms with Gasteiger partial charge in [-0.15, -0.1) is 0 Å². The molecule has 0 aromatic rings. The van der Waals surface area contributed by atoms with E-state index < -0.39 is 11.7 Å². The summed E-state index contributed by atoms with van der Waals surface area (Å²) >= 11 is 0. The van der Waals surface area contributed by atoms with Gasteiger partial charge >= 0.3 is 0 Å². The van der Waals surface area contributed by atoms with Crippen LogP contribution in [0.2, 0.25) is 0 Å². The highest BCUT2D eigenvalue weighted by Gasteiger charge is 1.98. The Morgan fingerprint density at radius 2 is 2.00 bits per heavy atom. The Morgan fingerprint density at radius 1 is 1.40 bits per heavy atom. The van der Waals surface area contributed by atoms with E-state index in [9.17, 15) is 8.78 Å². The zero-order valence-electron chi connectivity index (χ0n) is 5.90. The Morgan fingerprint density at radius 3 is 2.40 bits per heavy atom. The van der Waals surface area contributed by atoms with Gasteiger partial charge in [0.25, 0.3) is 0 Å². The summed E-state index contributed by atoms with van der Waals surface area (Å²) in [6.45, 7) is 4.97. The minimum Gasteiger partial charge on any atom is -0.204 e. The van der Waals surface area contributed by atoms with E-state index in [1.54, 1.807) is 6.92 Å². The molecule has 0 nitrogen and oxygen atoms in total. The molecule has 0 unspecified atom stereocenters. The third kappa shape index (κ3) is 3.17. The molecule has 0 saturated carbocycles. The van der Waals surface area contributed by atoms with Crippen LogP contribution in [0, 0.1) is 0 Å². The second-order valence-corrected chi connectivity index (χ2v) is 1.71. The maximum atomic E-state index is 12.4. The number of hydrogen-bond acceptors (Lipinski definition) is 0. The Kier molecular flexibility index (Phi) is 4.46. The van der Waals surface area contributed by atoms with Crippen LogP contribution in [-0.2, 0) is 0 Å². The zero-order valence-corrected chi connectivity index (χ0v) is 5.90. The number of rotatable bonds is 3. The minimum atomic E-state index is -0.864. The summed E-state index contributed by atoms with van der Waals surface area (Å²) in [5.74, 6) is -1.68. The van der Waals surface area contributed by atoms with Crippen LogP contribution in [0.3, 0.4) is 0 Å². The monoisotopic (exact) mass is 144 g/mol. The van der Waals surface area contributed by atoms with Crippen molar-refractivity contribution in [2.45, 2.75) is 13.3 Å². The lowest BCUT2D eigenvalue weighted by Crippen LogP contribution is -1.73. The molecule has 0 spiro atoms. The SMILES string of the molecule is C=C/C=C(F)\C(F)=C/CC. The van der Waals surface area contributed by atoms with Crippen LogP contribution in [0.25, 0.3) is 0 Å². The molecule has 0 aliphatic heterocycles. The largest absolute Gasteiger partial charge is 0.204 e. The smallest absolute Gasteiger partial charge is 0.158 e. The van der Waals surface area contributed by atoms with Crippen molar-refractivity contribution in [1.82, 2.24) is 0 Å². The van der Waals surface area contributed by atoms with Crippen LogP contribution in [0.15, 0.2) is 36.5 Å². The van der Waals surface area contributed by atoms with E-state index in [0.29, 0.717) is 6.42 Å². The first-order valence-electron chi connectivity index (χ1n) is 3.06. The van der Waals surface area contributed by atoms with Gasteiger partial charge in [-0.3, -0.25) is 0 Å². The van der Waals surface area contributed by atoms with Gasteiger partial charge in [-0.2, -0.15) is 0 Å². The van der Waals surface area contributed by atoms with Crippen molar-refractivity contribution in [3.05, 3.63) is 36.5 Å². The lowest BCUT2D eigenvalue weighted by Gasteiger charge is -1.88. The van der Waals surface area contributed by atoms with Gasteiger partial charge in [0, 0.05) is 0 Å². The van der Waals surface area contributed by atoms with Crippen LogP contribution in [-0.4, -0.2) is 0 Å². The van der Waals surface area contributed by atoms with Gasteiger partial charge < -0.3 is 0 Å². The second-order valence-electron chi connectivity index (χ2n) is 1.71. The van der Waals surface area contributed by atoms with Crippen molar-refractivity contribution in [2.24, 2.45) is 0 Å². The summed E-state index contributed by atoms with van der Waals surface area (Å²) < 4.78 is 24.7. The molecule has 0 aliphatic rings. The van der Waals surface area contributed by atoms with Crippen LogP contribution in [0.1, 0.15) is 13.3 Å². The molecule has 10 heavy (non-hydrogen) atoms. The van der Waals surface area contributed by atoms with Crippen LogP contribution >= 0.6 is 0 Å². The third-order valence-corrected chi connectivity index (χ3v) is 0.876. The molecule has 0 aromatic carbocycles. The van der Waals surface area contributed by atoms with Crippen LogP contribution < -0.4 is 0 Å². The van der Waals surface area contributed by atoms with E-state index in [-0.39, 0.29) is 0 Å². The number of hydrogen-bond donors (Lipinski definition) is 0. The second kappa shape index (κ2) is 4.91. The fourth-order valence-corrected chi connectivity index (χ4v) is 0.460. The maximum Gasteiger partial charge on any atom is 0.158 e. The molecule has 0 radical (unpaired) electrons. The lowest BCUT2D eigenvalue weighted by atomic mass is 10.3. The van der Waals surface area contributed by atoms with E-state index in [1.165, 1.54) is 12.2 Å². The van der Waals surface area contributed by atoms with Gasteiger partial charge in [-0.1, -0.05) is 19.6 Å². The summed E-state index contributed by atoms with van der Waals surface area (Å²) in [6, 6.07) is 0. The van der Waals surface area contributed by atoms with Gasteiger partial charge in [0.15, 0.2) is 11.7 Å². The van der Waals surface area contributed by atoms with E-state index >= 15 is 0 Å². The first-order valence-corrected chi connectivity index (χ1v) is 3.06. The molecule has 0 saturated heterocycles. The Labute approximate surface area is 59.6 Å². The lowest BCUT2D eigenvalue weighted by molar-refractivity contribution is 0.542. The van der Waals surface area contributed by atoms with Gasteiger partial charge in [-0.25, -0.2) is 8.78 Å². The molecule has 0 rings (SSSR count). The predicted molar refractivity (Wildman–Crippen MR) is 38.9 cm³/mol. The molecule has 0 aliphatic carbocycles. The quantitative estimate of drug-likeness (QED) is 0.533. The summed E-state index contributed by atoms with van der Waals surface area (Å²) in [7, 11) is 0. The summed E-state index contributed by atoms with van der Waals surface area (Å²) in [5.41, 5.74) is 0. The summed E-state index contributed by atoms with van der Waals surface area (Å²) in [5, 5.41) is 0. The molecule has 0 amide bonds. The minimum absolute atomic E-state index is 0.490. The third-order valence-electron chi connectivity index (χ3n) is 0.876. The van der Waals surface area contributed by atoms with E-state index in [0.717, 1.165) is 6.08 Å². The first-order chi connectivity index (χ1) is 4.72. The molecule has 0 bridgehead atoms. The predicted octanol–water partition coefficient (Wildman–Crippen LogP) is 3.29. The van der Waals surface area contributed by atoms with Crippen molar-refractivity contribution in [3.63, 3.8) is 0 Å². The number of halogens is 2. The Balaban J connectivity index is 4.19. The normalized spacial score (nSPS) is 13.5. The maximum absolute atomic E-state index is 12.4. The molecule has 2 heteroatoms. The average molecular weight is 144 g/mol. The summed E-state index contributed by atoms with van der Waals surface area (Å²) in [4.78, 5) is 0. The zero-order chi connectivity index (χ0) is 7.98. The molecule has 56 valence electrons. The molecule has 0 atom stereocenters. The summed E-state index contributed by atoms with van der Waals surface area (Å²) in [6.07, 6.45) is 3.86. The fraction of sp³-hybridized carbons (Fsp3) is 0.250. The molecular weight excluding hydrogens is 134 g/mol. The van der Waals surface area contributed by atoms with Crippen LogP contribution in [0.5, 0.6) is 0 Å². The van der Waals surface area contributed by atoms with Gasteiger partial charge in [-0.05, 0) is 18.6 Å². The Hall–Kier alpha value is -0.920. The molecular formula is C8H10F2. The van der Waals surface area contributed by atoms with Gasteiger partial charge in [0.2, 0.25) is 0 Å². The molecule has 0 fully saturated rings. The van der Waals surface area contributed by atoms with E-state index in [2.05, 4.69) is 6.58 Å². The molecule has 0 heterocycles. The van der Waals surface area contributed by atoms with Crippen molar-refractivity contribution in [2.75, 3.05) is 0 Å². The van der Waals surface area contributed by atoms with Crippen molar-refractivity contribution >= 4 is 0 Å². The highest BCUT2D eigenvalue weighted by atomic mass is 19.2. The first kappa shape index (κ1) is 9.08.